The standard InChI is InChI=1S/C15H19FN4O/c1-15(2,3)13(10-7-18-20(4)9-10)19-14(21)11-5-6-17-8-12(11)16/h5-9,13H,1-4H3,(H,19,21). The van der Waals surface area contributed by atoms with E-state index in [1.807, 2.05) is 34.0 Å². The Morgan fingerprint density at radius 2 is 2.10 bits per heavy atom. The van der Waals surface area contributed by atoms with Crippen molar-refractivity contribution in [1.82, 2.24) is 20.1 Å². The van der Waals surface area contributed by atoms with E-state index < -0.39 is 11.7 Å². The van der Waals surface area contributed by atoms with E-state index in [0.717, 1.165) is 11.8 Å². The summed E-state index contributed by atoms with van der Waals surface area (Å²) in [7, 11) is 1.81. The van der Waals surface area contributed by atoms with Crippen LogP contribution in [0.2, 0.25) is 0 Å². The van der Waals surface area contributed by atoms with E-state index in [0.29, 0.717) is 0 Å². The van der Waals surface area contributed by atoms with E-state index in [9.17, 15) is 9.18 Å². The van der Waals surface area contributed by atoms with Gasteiger partial charge in [-0.2, -0.15) is 5.10 Å². The van der Waals surface area contributed by atoms with Crippen LogP contribution in [0.15, 0.2) is 30.9 Å². The molecule has 0 saturated heterocycles. The molecule has 0 saturated carbocycles. The minimum absolute atomic E-state index is 0.0110. The Hall–Kier alpha value is -2.24. The van der Waals surface area contributed by atoms with Crippen LogP contribution in [0.5, 0.6) is 0 Å². The highest BCUT2D eigenvalue weighted by atomic mass is 19.1. The molecule has 2 heterocycles. The Morgan fingerprint density at radius 1 is 1.38 bits per heavy atom. The molecule has 1 amide bonds. The van der Waals surface area contributed by atoms with Gasteiger partial charge in [-0.25, -0.2) is 4.39 Å². The van der Waals surface area contributed by atoms with Crippen molar-refractivity contribution in [1.29, 1.82) is 0 Å². The molecule has 0 aromatic carbocycles. The molecule has 2 rings (SSSR count). The van der Waals surface area contributed by atoms with Crippen LogP contribution in [0, 0.1) is 11.2 Å². The van der Waals surface area contributed by atoms with Gasteiger partial charge >= 0.3 is 0 Å². The fraction of sp³-hybridized carbons (Fsp3) is 0.400. The second-order valence-electron chi connectivity index (χ2n) is 6.08. The van der Waals surface area contributed by atoms with Gasteiger partial charge in [0, 0.05) is 25.0 Å². The molecule has 2 aromatic rings. The number of rotatable bonds is 3. The fourth-order valence-corrected chi connectivity index (χ4v) is 2.16. The monoisotopic (exact) mass is 290 g/mol. The highest BCUT2D eigenvalue weighted by Crippen LogP contribution is 2.32. The van der Waals surface area contributed by atoms with Crippen molar-refractivity contribution in [3.63, 3.8) is 0 Å². The molecule has 112 valence electrons. The highest BCUT2D eigenvalue weighted by molar-refractivity contribution is 5.94. The molecule has 0 spiro atoms. The minimum Gasteiger partial charge on any atom is -0.344 e. The molecule has 0 aliphatic carbocycles. The second-order valence-corrected chi connectivity index (χ2v) is 6.08. The Labute approximate surface area is 123 Å². The predicted octanol–water partition coefficient (Wildman–Crippen LogP) is 2.47. The number of carbonyl (C=O) groups excluding carboxylic acids is 1. The number of hydrogen-bond donors (Lipinski definition) is 1. The number of nitrogens with zero attached hydrogens (tertiary/aromatic N) is 3. The van der Waals surface area contributed by atoms with Gasteiger partial charge in [0.05, 0.1) is 24.0 Å². The van der Waals surface area contributed by atoms with Gasteiger partial charge in [0.1, 0.15) is 0 Å². The Bertz CT molecular complexity index is 645. The van der Waals surface area contributed by atoms with Crippen LogP contribution in [0.3, 0.4) is 0 Å². The first-order valence-electron chi connectivity index (χ1n) is 6.68. The van der Waals surface area contributed by atoms with Gasteiger partial charge in [0.25, 0.3) is 5.91 Å². The number of hydrogen-bond acceptors (Lipinski definition) is 3. The summed E-state index contributed by atoms with van der Waals surface area (Å²) in [5.41, 5.74) is 0.637. The molecule has 0 radical (unpaired) electrons. The van der Waals surface area contributed by atoms with Crippen LogP contribution < -0.4 is 5.32 Å². The van der Waals surface area contributed by atoms with Crippen LogP contribution in [-0.2, 0) is 7.05 Å². The van der Waals surface area contributed by atoms with Crippen molar-refractivity contribution < 1.29 is 9.18 Å². The lowest BCUT2D eigenvalue weighted by Gasteiger charge is -2.30. The van der Waals surface area contributed by atoms with Gasteiger partial charge in [-0.05, 0) is 11.5 Å². The van der Waals surface area contributed by atoms with E-state index in [1.54, 1.807) is 10.9 Å². The van der Waals surface area contributed by atoms with Gasteiger partial charge in [-0.15, -0.1) is 0 Å². The maximum Gasteiger partial charge on any atom is 0.254 e. The first-order valence-corrected chi connectivity index (χ1v) is 6.68. The van der Waals surface area contributed by atoms with Crippen molar-refractivity contribution in [2.75, 3.05) is 0 Å². The zero-order valence-corrected chi connectivity index (χ0v) is 12.6. The third-order valence-corrected chi connectivity index (χ3v) is 3.22. The molecule has 2 aromatic heterocycles. The molecule has 6 heteroatoms. The largest absolute Gasteiger partial charge is 0.344 e. The SMILES string of the molecule is Cn1cc(C(NC(=O)c2ccncc2F)C(C)(C)C)cn1. The lowest BCUT2D eigenvalue weighted by molar-refractivity contribution is 0.0897. The van der Waals surface area contributed by atoms with Crippen LogP contribution in [0.25, 0.3) is 0 Å². The summed E-state index contributed by atoms with van der Waals surface area (Å²) in [6.45, 7) is 6.02. The molecule has 0 bridgehead atoms. The minimum atomic E-state index is -0.631. The van der Waals surface area contributed by atoms with Gasteiger partial charge < -0.3 is 5.32 Å². The van der Waals surface area contributed by atoms with E-state index in [4.69, 9.17) is 0 Å². The lowest BCUT2D eigenvalue weighted by atomic mass is 9.83. The molecule has 21 heavy (non-hydrogen) atoms. The fourth-order valence-electron chi connectivity index (χ4n) is 2.16. The Morgan fingerprint density at radius 3 is 2.62 bits per heavy atom. The van der Waals surface area contributed by atoms with Crippen molar-refractivity contribution in [2.24, 2.45) is 12.5 Å². The third kappa shape index (κ3) is 3.45. The van der Waals surface area contributed by atoms with Gasteiger partial charge in [0.2, 0.25) is 0 Å². The summed E-state index contributed by atoms with van der Waals surface area (Å²) >= 11 is 0. The molecule has 1 unspecified atom stereocenters. The average molecular weight is 290 g/mol. The topological polar surface area (TPSA) is 59.8 Å². The van der Waals surface area contributed by atoms with Crippen molar-refractivity contribution in [2.45, 2.75) is 26.8 Å². The normalized spacial score (nSPS) is 13.0. The smallest absolute Gasteiger partial charge is 0.254 e. The number of aromatic nitrogens is 3. The number of pyridine rings is 1. The number of nitrogens with one attached hydrogen (secondary N) is 1. The van der Waals surface area contributed by atoms with Crippen LogP contribution in [-0.4, -0.2) is 20.7 Å². The molecule has 0 aliphatic rings. The lowest BCUT2D eigenvalue weighted by Crippen LogP contribution is -2.36. The van der Waals surface area contributed by atoms with Gasteiger partial charge in [-0.3, -0.25) is 14.5 Å². The molecule has 1 N–H and O–H groups in total. The van der Waals surface area contributed by atoms with E-state index in [-0.39, 0.29) is 17.0 Å². The zero-order chi connectivity index (χ0) is 15.6. The van der Waals surface area contributed by atoms with E-state index in [2.05, 4.69) is 15.4 Å². The summed E-state index contributed by atoms with van der Waals surface area (Å²) < 4.78 is 15.3. The Kier molecular flexibility index (Phi) is 4.06. The quantitative estimate of drug-likeness (QED) is 0.944. The average Bonchev–Trinajstić information content (AvgIpc) is 2.81. The first-order chi connectivity index (χ1) is 9.79. The molecule has 1 atom stereocenters. The molecular weight excluding hydrogens is 271 g/mol. The van der Waals surface area contributed by atoms with Crippen molar-refractivity contribution >= 4 is 5.91 Å². The number of carbonyl (C=O) groups is 1. The summed E-state index contributed by atoms with van der Waals surface area (Å²) in [4.78, 5) is 15.9. The van der Waals surface area contributed by atoms with Crippen molar-refractivity contribution in [3.8, 4) is 0 Å². The van der Waals surface area contributed by atoms with E-state index >= 15 is 0 Å². The second kappa shape index (κ2) is 5.63. The van der Waals surface area contributed by atoms with Crippen molar-refractivity contribution in [3.05, 3.63) is 47.8 Å². The Balaban J connectivity index is 2.28. The third-order valence-electron chi connectivity index (χ3n) is 3.22. The first kappa shape index (κ1) is 15.2. The molecule has 0 aliphatic heterocycles. The number of aryl methyl sites for hydroxylation is 1. The number of halogens is 1. The maximum atomic E-state index is 13.7. The maximum absolute atomic E-state index is 13.7. The molecule has 5 nitrogen and oxygen atoms in total. The summed E-state index contributed by atoms with van der Waals surface area (Å²) in [5.74, 6) is -1.09. The zero-order valence-electron chi connectivity index (χ0n) is 12.6. The van der Waals surface area contributed by atoms with Gasteiger partial charge in [0.15, 0.2) is 5.82 Å². The van der Waals surface area contributed by atoms with E-state index in [1.165, 1.54) is 12.3 Å². The predicted molar refractivity (Wildman–Crippen MR) is 77.1 cm³/mol. The molecular formula is C15H19FN4O. The van der Waals surface area contributed by atoms with Crippen LogP contribution >= 0.6 is 0 Å². The summed E-state index contributed by atoms with van der Waals surface area (Å²) in [6, 6.07) is 1.10. The number of amides is 1. The highest BCUT2D eigenvalue weighted by Gasteiger charge is 2.29. The summed E-state index contributed by atoms with van der Waals surface area (Å²) in [5, 5.41) is 7.01. The van der Waals surface area contributed by atoms with Crippen LogP contribution in [0.4, 0.5) is 4.39 Å². The summed E-state index contributed by atoms with van der Waals surface area (Å²) in [6.07, 6.45) is 5.98. The van der Waals surface area contributed by atoms with Crippen LogP contribution in [0.1, 0.15) is 42.7 Å². The van der Waals surface area contributed by atoms with Gasteiger partial charge in [-0.1, -0.05) is 20.8 Å². The molecule has 0 fully saturated rings.